The molecule has 0 heterocycles. The number of carboxylic acid groups (broad SMARTS) is 1. The van der Waals surface area contributed by atoms with Gasteiger partial charge in [0.25, 0.3) is 5.91 Å². The Morgan fingerprint density at radius 1 is 0.944 bits per heavy atom. The van der Waals surface area contributed by atoms with E-state index in [0.717, 1.165) is 16.7 Å². The molecule has 0 unspecified atom stereocenters. The molecule has 0 aliphatic heterocycles. The van der Waals surface area contributed by atoms with E-state index in [-0.39, 0.29) is 31.2 Å². The number of hydrogen-bond donors (Lipinski definition) is 2. The number of thioether (sulfide) groups is 1. The molecule has 0 radical (unpaired) electrons. The summed E-state index contributed by atoms with van der Waals surface area (Å²) in [5, 5.41) is 17.0. The maximum absolute atomic E-state index is 13.1. The molecular weight excluding hydrogens is 467 g/mol. The number of carbonyl (C=O) groups is 3. The van der Waals surface area contributed by atoms with E-state index in [0.29, 0.717) is 35.4 Å². The Bertz CT molecular complexity index is 1190. The molecule has 0 saturated carbocycles. The molecule has 3 rings (SSSR count). The van der Waals surface area contributed by atoms with E-state index < -0.39 is 17.9 Å². The molecule has 0 spiro atoms. The van der Waals surface area contributed by atoms with Gasteiger partial charge < -0.3 is 20.5 Å². The van der Waals surface area contributed by atoms with Crippen molar-refractivity contribution in [3.8, 4) is 11.1 Å². The minimum absolute atomic E-state index is 0. The Morgan fingerprint density at radius 3 is 2.31 bits per heavy atom. The van der Waals surface area contributed by atoms with Crippen LogP contribution in [-0.4, -0.2) is 35.8 Å². The first-order chi connectivity index (χ1) is 16.9. The number of hydrogen-bond acceptors (Lipinski definition) is 5. The van der Waals surface area contributed by atoms with Gasteiger partial charge in [-0.15, -0.1) is 0 Å². The molecule has 36 heavy (non-hydrogen) atoms. The van der Waals surface area contributed by atoms with Crippen LogP contribution < -0.4 is 34.6 Å². The number of benzene rings is 3. The molecule has 0 fully saturated rings. The van der Waals surface area contributed by atoms with Crippen molar-refractivity contribution >= 4 is 35.2 Å². The van der Waals surface area contributed by atoms with Crippen molar-refractivity contribution in [2.45, 2.75) is 32.2 Å². The molecule has 3 aromatic rings. The first-order valence-corrected chi connectivity index (χ1v) is 12.8. The maximum atomic E-state index is 13.1. The van der Waals surface area contributed by atoms with Crippen LogP contribution in [0.3, 0.4) is 0 Å². The largest absolute Gasteiger partial charge is 1.00 e. The van der Waals surface area contributed by atoms with Crippen LogP contribution in [0.2, 0.25) is 0 Å². The van der Waals surface area contributed by atoms with E-state index in [1.807, 2.05) is 67.8 Å². The van der Waals surface area contributed by atoms with Gasteiger partial charge in [-0.1, -0.05) is 54.6 Å². The van der Waals surface area contributed by atoms with Gasteiger partial charge in [0, 0.05) is 17.7 Å². The minimum Gasteiger partial charge on any atom is -0.548 e. The van der Waals surface area contributed by atoms with Crippen molar-refractivity contribution in [2.24, 2.45) is 0 Å². The second kappa shape index (κ2) is 14.5. The third-order valence-corrected chi connectivity index (χ3v) is 6.31. The van der Waals surface area contributed by atoms with E-state index in [4.69, 9.17) is 0 Å². The summed E-state index contributed by atoms with van der Waals surface area (Å²) in [6, 6.07) is 21.3. The fourth-order valence-electron chi connectivity index (χ4n) is 3.76. The number of aliphatic carboxylic acids is 1. The van der Waals surface area contributed by atoms with Crippen molar-refractivity contribution in [2.75, 3.05) is 17.3 Å². The van der Waals surface area contributed by atoms with Gasteiger partial charge >= 0.3 is 18.9 Å². The summed E-state index contributed by atoms with van der Waals surface area (Å²) in [6.45, 7) is 1.94. The molecule has 182 valence electrons. The molecule has 8 heteroatoms. The Kier molecular flexibility index (Phi) is 11.8. The predicted molar refractivity (Wildman–Crippen MR) is 139 cm³/mol. The zero-order valence-corrected chi connectivity index (χ0v) is 21.7. The van der Waals surface area contributed by atoms with Crippen LogP contribution in [0.5, 0.6) is 0 Å². The summed E-state index contributed by atoms with van der Waals surface area (Å²) in [5.74, 6) is -1.36. The van der Waals surface area contributed by atoms with Gasteiger partial charge in [-0.05, 0) is 72.2 Å². The fraction of sp³-hybridized carbons (Fsp3) is 0.250. The normalized spacial score (nSPS) is 11.2. The van der Waals surface area contributed by atoms with Crippen LogP contribution in [0.1, 0.15) is 34.3 Å². The summed E-state index contributed by atoms with van der Waals surface area (Å²) < 4.78 is 0. The monoisotopic (exact) mass is 496 g/mol. The second-order valence-corrected chi connectivity index (χ2v) is 9.22. The average Bonchev–Trinajstić information content (AvgIpc) is 2.86. The average molecular weight is 497 g/mol. The minimum atomic E-state index is -1.31. The van der Waals surface area contributed by atoms with Gasteiger partial charge in [0.05, 0.1) is 12.0 Å². The van der Waals surface area contributed by atoms with E-state index in [2.05, 4.69) is 10.6 Å². The first kappa shape index (κ1) is 29.2. The number of amides is 2. The molecule has 6 nitrogen and oxygen atoms in total. The zero-order chi connectivity index (χ0) is 25.2. The Labute approximate surface area is 228 Å². The number of carbonyl (C=O) groups excluding carboxylic acids is 3. The molecule has 3 aromatic carbocycles. The van der Waals surface area contributed by atoms with Crippen LogP contribution >= 0.6 is 11.8 Å². The Morgan fingerprint density at radius 2 is 1.64 bits per heavy atom. The van der Waals surface area contributed by atoms with Gasteiger partial charge in [-0.3, -0.25) is 9.59 Å². The first-order valence-electron chi connectivity index (χ1n) is 11.4. The fourth-order valence-corrected chi connectivity index (χ4v) is 4.24. The molecule has 2 amide bonds. The third-order valence-electron chi connectivity index (χ3n) is 5.67. The summed E-state index contributed by atoms with van der Waals surface area (Å²) in [4.78, 5) is 37.2. The zero-order valence-electron chi connectivity index (χ0n) is 20.9. The molecule has 1 atom stereocenters. The summed E-state index contributed by atoms with van der Waals surface area (Å²) >= 11 is 1.50. The van der Waals surface area contributed by atoms with Crippen LogP contribution in [0.15, 0.2) is 72.8 Å². The molecular formula is C28H29LiN2O4S. The summed E-state index contributed by atoms with van der Waals surface area (Å²) in [7, 11) is 0. The predicted octanol–water partition coefficient (Wildman–Crippen LogP) is 0.839. The standard InChI is InChI=1S/C28H30N2O4S.Li/c1-19-8-6-7-11-22(19)24-18-21(29-26(31)15-12-20-9-4-3-5-10-20)13-14-23(24)27(32)30-25(28(33)34)16-17-35-2;/h3-11,13-14,18,25H,12,15-17H2,1-2H3,(H,29,31)(H,30,32)(H,33,34);/q;+1/p-1/t25-;/m0./s1. The maximum Gasteiger partial charge on any atom is 1.00 e. The molecule has 0 saturated heterocycles. The van der Waals surface area contributed by atoms with Crippen LogP contribution in [0, 0.1) is 6.92 Å². The number of anilines is 1. The molecule has 2 N–H and O–H groups in total. The van der Waals surface area contributed by atoms with Crippen LogP contribution in [0.4, 0.5) is 5.69 Å². The van der Waals surface area contributed by atoms with Crippen molar-refractivity contribution in [3.63, 3.8) is 0 Å². The summed E-state index contributed by atoms with van der Waals surface area (Å²) in [6.07, 6.45) is 3.09. The van der Waals surface area contributed by atoms with E-state index in [9.17, 15) is 19.5 Å². The van der Waals surface area contributed by atoms with E-state index >= 15 is 0 Å². The van der Waals surface area contributed by atoms with E-state index in [1.54, 1.807) is 18.2 Å². The third kappa shape index (κ3) is 8.30. The van der Waals surface area contributed by atoms with E-state index in [1.165, 1.54) is 11.8 Å². The van der Waals surface area contributed by atoms with Crippen molar-refractivity contribution in [1.82, 2.24) is 5.32 Å². The SMILES string of the molecule is CSCC[C@H](NC(=O)c1ccc(NC(=O)CCc2ccccc2)cc1-c1ccccc1C)C(=O)[O-].[Li+]. The van der Waals surface area contributed by atoms with Gasteiger partial charge in [0.1, 0.15) is 0 Å². The molecule has 0 aromatic heterocycles. The van der Waals surface area contributed by atoms with Gasteiger partial charge in [-0.25, -0.2) is 0 Å². The topological polar surface area (TPSA) is 98.3 Å². The smallest absolute Gasteiger partial charge is 0.548 e. The Balaban J connectivity index is 0.00000456. The number of rotatable bonds is 11. The summed E-state index contributed by atoms with van der Waals surface area (Å²) in [5.41, 5.74) is 4.37. The number of nitrogens with one attached hydrogen (secondary N) is 2. The van der Waals surface area contributed by atoms with Gasteiger partial charge in [0.2, 0.25) is 5.91 Å². The number of carboxylic acids is 1. The van der Waals surface area contributed by atoms with Crippen molar-refractivity contribution < 1.29 is 38.4 Å². The molecule has 0 bridgehead atoms. The quantitative estimate of drug-likeness (QED) is 0.384. The van der Waals surface area contributed by atoms with Gasteiger partial charge in [0.15, 0.2) is 0 Å². The number of aryl methyl sites for hydroxylation is 2. The van der Waals surface area contributed by atoms with Crippen LogP contribution in [-0.2, 0) is 16.0 Å². The Hall–Kier alpha value is -2.98. The van der Waals surface area contributed by atoms with Crippen LogP contribution in [0.25, 0.3) is 11.1 Å². The van der Waals surface area contributed by atoms with Crippen molar-refractivity contribution in [1.29, 1.82) is 0 Å². The van der Waals surface area contributed by atoms with Gasteiger partial charge in [-0.2, -0.15) is 11.8 Å². The van der Waals surface area contributed by atoms with Crippen molar-refractivity contribution in [3.05, 3.63) is 89.5 Å². The second-order valence-electron chi connectivity index (χ2n) is 8.24. The molecule has 0 aliphatic carbocycles. The molecule has 0 aliphatic rings.